The first-order chi connectivity index (χ1) is 8.72. The average Bonchev–Trinajstić information content (AvgIpc) is 2.47. The summed E-state index contributed by atoms with van der Waals surface area (Å²) in [4.78, 5) is 16.9. The number of allylic oxidation sites excluding steroid dienone is 2. The van der Waals surface area contributed by atoms with Gasteiger partial charge in [0.15, 0.2) is 0 Å². The van der Waals surface area contributed by atoms with Gasteiger partial charge in [0.05, 0.1) is 0 Å². The molecule has 1 heterocycles. The second kappa shape index (κ2) is 6.37. The topological polar surface area (TPSA) is 23.6 Å². The molecule has 0 aromatic rings. The lowest BCUT2D eigenvalue weighted by Crippen LogP contribution is -2.47. The van der Waals surface area contributed by atoms with Crippen LogP contribution in [0, 0.1) is 5.92 Å². The van der Waals surface area contributed by atoms with Crippen LogP contribution < -0.4 is 0 Å². The molecule has 1 fully saturated rings. The molecule has 1 aliphatic carbocycles. The van der Waals surface area contributed by atoms with Crippen molar-refractivity contribution in [1.29, 1.82) is 0 Å². The highest BCUT2D eigenvalue weighted by Gasteiger charge is 2.28. The molecule has 3 nitrogen and oxygen atoms in total. The van der Waals surface area contributed by atoms with E-state index in [0.717, 1.165) is 51.7 Å². The van der Waals surface area contributed by atoms with Gasteiger partial charge in [-0.05, 0) is 38.6 Å². The monoisotopic (exact) mass is 250 g/mol. The summed E-state index contributed by atoms with van der Waals surface area (Å²) in [6, 6.07) is 0.464. The van der Waals surface area contributed by atoms with Crippen LogP contribution in [0.15, 0.2) is 12.2 Å². The van der Waals surface area contributed by atoms with Crippen molar-refractivity contribution in [1.82, 2.24) is 9.80 Å². The largest absolute Gasteiger partial charge is 0.342 e. The van der Waals surface area contributed by atoms with E-state index in [-0.39, 0.29) is 5.92 Å². The minimum Gasteiger partial charge on any atom is -0.342 e. The van der Waals surface area contributed by atoms with Gasteiger partial charge in [0.2, 0.25) is 5.91 Å². The smallest absolute Gasteiger partial charge is 0.225 e. The van der Waals surface area contributed by atoms with Gasteiger partial charge in [0, 0.05) is 32.1 Å². The molecule has 2 rings (SSSR count). The van der Waals surface area contributed by atoms with E-state index in [2.05, 4.69) is 24.0 Å². The fourth-order valence-corrected chi connectivity index (χ4v) is 3.11. The summed E-state index contributed by atoms with van der Waals surface area (Å²) in [5, 5.41) is 0. The maximum Gasteiger partial charge on any atom is 0.225 e. The molecule has 0 N–H and O–H groups in total. The van der Waals surface area contributed by atoms with Crippen molar-refractivity contribution < 1.29 is 4.79 Å². The van der Waals surface area contributed by atoms with Crippen LogP contribution >= 0.6 is 0 Å². The molecule has 1 saturated heterocycles. The summed E-state index contributed by atoms with van der Waals surface area (Å²) < 4.78 is 0. The molecule has 0 spiro atoms. The van der Waals surface area contributed by atoms with Gasteiger partial charge < -0.3 is 9.80 Å². The number of carbonyl (C=O) groups is 1. The van der Waals surface area contributed by atoms with Crippen LogP contribution in [0.25, 0.3) is 0 Å². The van der Waals surface area contributed by atoms with Crippen molar-refractivity contribution in [3.63, 3.8) is 0 Å². The molecular formula is C15H26N2O. The summed E-state index contributed by atoms with van der Waals surface area (Å²) in [6.45, 7) is 5.63. The van der Waals surface area contributed by atoms with Gasteiger partial charge in [0.25, 0.3) is 0 Å². The molecule has 1 amide bonds. The van der Waals surface area contributed by atoms with E-state index in [1.54, 1.807) is 0 Å². The number of nitrogens with zero attached hydrogens (tertiary/aromatic N) is 2. The molecule has 18 heavy (non-hydrogen) atoms. The van der Waals surface area contributed by atoms with Crippen LogP contribution in [-0.2, 0) is 4.79 Å². The zero-order chi connectivity index (χ0) is 13.0. The van der Waals surface area contributed by atoms with Crippen LogP contribution in [0.5, 0.6) is 0 Å². The summed E-state index contributed by atoms with van der Waals surface area (Å²) in [7, 11) is 2.01. The zero-order valence-electron chi connectivity index (χ0n) is 11.8. The first-order valence-electron chi connectivity index (χ1n) is 7.36. The summed E-state index contributed by atoms with van der Waals surface area (Å²) in [5.74, 6) is 0.610. The third-order valence-electron chi connectivity index (χ3n) is 4.52. The molecule has 1 unspecified atom stereocenters. The molecule has 102 valence electrons. The molecule has 2 aliphatic rings. The predicted octanol–water partition coefficient (Wildman–Crippen LogP) is 2.29. The SMILES string of the molecule is CCN1CCC(N(C)C(=O)C2CC=CCC2)CC1. The van der Waals surface area contributed by atoms with Gasteiger partial charge in [0.1, 0.15) is 0 Å². The Morgan fingerprint density at radius 3 is 2.56 bits per heavy atom. The Morgan fingerprint density at radius 2 is 2.00 bits per heavy atom. The summed E-state index contributed by atoms with van der Waals surface area (Å²) >= 11 is 0. The Morgan fingerprint density at radius 1 is 1.28 bits per heavy atom. The van der Waals surface area contributed by atoms with Crippen LogP contribution in [0.3, 0.4) is 0 Å². The Kier molecular flexibility index (Phi) is 4.81. The number of hydrogen-bond donors (Lipinski definition) is 0. The van der Waals surface area contributed by atoms with Gasteiger partial charge in [-0.15, -0.1) is 0 Å². The number of likely N-dealkylation sites (tertiary alicyclic amines) is 1. The lowest BCUT2D eigenvalue weighted by Gasteiger charge is -2.37. The van der Waals surface area contributed by atoms with E-state index in [9.17, 15) is 4.79 Å². The molecule has 1 atom stereocenters. The number of hydrogen-bond acceptors (Lipinski definition) is 2. The first kappa shape index (κ1) is 13.6. The summed E-state index contributed by atoms with van der Waals surface area (Å²) in [6.07, 6.45) is 9.68. The maximum atomic E-state index is 12.4. The number of rotatable bonds is 3. The van der Waals surface area contributed by atoms with E-state index in [1.165, 1.54) is 0 Å². The lowest BCUT2D eigenvalue weighted by atomic mass is 9.92. The molecule has 0 aromatic carbocycles. The standard InChI is InChI=1S/C15H26N2O/c1-3-17-11-9-14(10-12-17)16(2)15(18)13-7-5-4-6-8-13/h4-5,13-14H,3,6-12H2,1-2H3. The predicted molar refractivity (Wildman–Crippen MR) is 74.4 cm³/mol. The first-order valence-corrected chi connectivity index (χ1v) is 7.36. The lowest BCUT2D eigenvalue weighted by molar-refractivity contribution is -0.137. The van der Waals surface area contributed by atoms with Crippen LogP contribution in [0.2, 0.25) is 0 Å². The fourth-order valence-electron chi connectivity index (χ4n) is 3.11. The molecule has 3 heteroatoms. The van der Waals surface area contributed by atoms with E-state index in [1.807, 2.05) is 11.9 Å². The van der Waals surface area contributed by atoms with Crippen molar-refractivity contribution in [2.24, 2.45) is 5.92 Å². The minimum atomic E-state index is 0.240. The van der Waals surface area contributed by atoms with Gasteiger partial charge in [-0.2, -0.15) is 0 Å². The van der Waals surface area contributed by atoms with Crippen LogP contribution in [0.4, 0.5) is 0 Å². The maximum absolute atomic E-state index is 12.4. The van der Waals surface area contributed by atoms with Crippen molar-refractivity contribution in [3.05, 3.63) is 12.2 Å². The van der Waals surface area contributed by atoms with Crippen molar-refractivity contribution >= 4 is 5.91 Å². The van der Waals surface area contributed by atoms with E-state index in [4.69, 9.17) is 0 Å². The van der Waals surface area contributed by atoms with E-state index >= 15 is 0 Å². The quantitative estimate of drug-likeness (QED) is 0.718. The molecule has 0 bridgehead atoms. The fraction of sp³-hybridized carbons (Fsp3) is 0.800. The van der Waals surface area contributed by atoms with Crippen LogP contribution in [-0.4, -0.2) is 48.4 Å². The Labute approximate surface area is 111 Å². The van der Waals surface area contributed by atoms with Gasteiger partial charge in [-0.3, -0.25) is 4.79 Å². The second-order valence-electron chi connectivity index (χ2n) is 5.60. The van der Waals surface area contributed by atoms with Crippen molar-refractivity contribution in [2.75, 3.05) is 26.7 Å². The van der Waals surface area contributed by atoms with Gasteiger partial charge in [-0.1, -0.05) is 19.1 Å². The normalized spacial score (nSPS) is 26.2. The van der Waals surface area contributed by atoms with E-state index < -0.39 is 0 Å². The summed E-state index contributed by atoms with van der Waals surface area (Å²) in [5.41, 5.74) is 0. The highest BCUT2D eigenvalue weighted by atomic mass is 16.2. The van der Waals surface area contributed by atoms with E-state index in [0.29, 0.717) is 11.9 Å². The third-order valence-corrected chi connectivity index (χ3v) is 4.52. The Bertz CT molecular complexity index is 306. The molecular weight excluding hydrogens is 224 g/mol. The molecule has 0 aromatic heterocycles. The van der Waals surface area contributed by atoms with Gasteiger partial charge >= 0.3 is 0 Å². The molecule has 0 saturated carbocycles. The average molecular weight is 250 g/mol. The highest BCUT2D eigenvalue weighted by molar-refractivity contribution is 5.79. The highest BCUT2D eigenvalue weighted by Crippen LogP contribution is 2.23. The third kappa shape index (κ3) is 3.14. The van der Waals surface area contributed by atoms with Crippen molar-refractivity contribution in [3.8, 4) is 0 Å². The number of amides is 1. The molecule has 0 radical (unpaired) electrons. The number of carbonyl (C=O) groups excluding carboxylic acids is 1. The zero-order valence-corrected chi connectivity index (χ0v) is 11.8. The Hall–Kier alpha value is -0.830. The second-order valence-corrected chi connectivity index (χ2v) is 5.60. The minimum absolute atomic E-state index is 0.240. The Balaban J connectivity index is 1.85. The van der Waals surface area contributed by atoms with Crippen molar-refractivity contribution in [2.45, 2.75) is 45.1 Å². The number of piperidine rings is 1. The van der Waals surface area contributed by atoms with Gasteiger partial charge in [-0.25, -0.2) is 0 Å². The van der Waals surface area contributed by atoms with Crippen LogP contribution in [0.1, 0.15) is 39.0 Å². The molecule has 1 aliphatic heterocycles.